The third-order valence-corrected chi connectivity index (χ3v) is 4.04. The van der Waals surface area contributed by atoms with Crippen LogP contribution in [0.2, 0.25) is 0 Å². The molecule has 0 radical (unpaired) electrons. The number of hydrogen-bond acceptors (Lipinski definition) is 1. The summed E-state index contributed by atoms with van der Waals surface area (Å²) in [5.74, 6) is 0. The van der Waals surface area contributed by atoms with Gasteiger partial charge in [-0.1, -0.05) is 48.5 Å². The van der Waals surface area contributed by atoms with Crippen molar-refractivity contribution in [2.75, 3.05) is 5.73 Å². The molecule has 3 aromatic carbocycles. The molecule has 0 saturated carbocycles. The van der Waals surface area contributed by atoms with E-state index in [2.05, 4.69) is 54.6 Å². The molecule has 0 atom stereocenters. The lowest BCUT2D eigenvalue weighted by Gasteiger charge is -2.06. The van der Waals surface area contributed by atoms with Gasteiger partial charge in [0.2, 0.25) is 0 Å². The SMILES string of the molecule is Nc1ccc(-c2ccc3c(c2)-c2ccccc2C3)cc1. The van der Waals surface area contributed by atoms with Gasteiger partial charge in [-0.25, -0.2) is 0 Å². The first-order valence-corrected chi connectivity index (χ1v) is 6.88. The molecule has 20 heavy (non-hydrogen) atoms. The number of rotatable bonds is 1. The first-order chi connectivity index (χ1) is 9.81. The zero-order chi connectivity index (χ0) is 13.5. The second kappa shape index (κ2) is 4.24. The summed E-state index contributed by atoms with van der Waals surface area (Å²) in [6.45, 7) is 0. The summed E-state index contributed by atoms with van der Waals surface area (Å²) in [5.41, 5.74) is 14.6. The molecule has 4 rings (SSSR count). The number of hydrogen-bond donors (Lipinski definition) is 1. The van der Waals surface area contributed by atoms with E-state index in [0.29, 0.717) is 0 Å². The van der Waals surface area contributed by atoms with Crippen LogP contribution in [0.1, 0.15) is 11.1 Å². The van der Waals surface area contributed by atoms with Crippen LogP contribution >= 0.6 is 0 Å². The van der Waals surface area contributed by atoms with E-state index < -0.39 is 0 Å². The average Bonchev–Trinajstić information content (AvgIpc) is 2.86. The summed E-state index contributed by atoms with van der Waals surface area (Å²) in [5, 5.41) is 0. The van der Waals surface area contributed by atoms with Crippen molar-refractivity contribution < 1.29 is 0 Å². The van der Waals surface area contributed by atoms with E-state index in [9.17, 15) is 0 Å². The second-order valence-corrected chi connectivity index (χ2v) is 5.33. The second-order valence-electron chi connectivity index (χ2n) is 5.33. The van der Waals surface area contributed by atoms with Crippen LogP contribution in [0.3, 0.4) is 0 Å². The van der Waals surface area contributed by atoms with Crippen LogP contribution in [0.4, 0.5) is 5.69 Å². The Kier molecular flexibility index (Phi) is 2.40. The molecule has 1 heteroatoms. The molecule has 0 aromatic heterocycles. The van der Waals surface area contributed by atoms with Crippen molar-refractivity contribution in [3.8, 4) is 22.3 Å². The van der Waals surface area contributed by atoms with E-state index in [-0.39, 0.29) is 0 Å². The first-order valence-electron chi connectivity index (χ1n) is 6.88. The molecule has 96 valence electrons. The minimum Gasteiger partial charge on any atom is -0.399 e. The molecule has 0 saturated heterocycles. The first kappa shape index (κ1) is 11.3. The number of fused-ring (bicyclic) bond motifs is 3. The Hall–Kier alpha value is -2.54. The Balaban J connectivity index is 1.85. The Morgan fingerprint density at radius 3 is 2.20 bits per heavy atom. The molecule has 1 aliphatic rings. The van der Waals surface area contributed by atoms with Gasteiger partial charge in [-0.2, -0.15) is 0 Å². The minimum absolute atomic E-state index is 0.806. The molecule has 2 N–H and O–H groups in total. The van der Waals surface area contributed by atoms with E-state index in [1.165, 1.54) is 33.4 Å². The molecule has 0 aliphatic heterocycles. The van der Waals surface area contributed by atoms with Gasteiger partial charge in [-0.15, -0.1) is 0 Å². The third-order valence-electron chi connectivity index (χ3n) is 4.04. The van der Waals surface area contributed by atoms with Crippen molar-refractivity contribution in [3.63, 3.8) is 0 Å². The summed E-state index contributed by atoms with van der Waals surface area (Å²) < 4.78 is 0. The smallest absolute Gasteiger partial charge is 0.0314 e. The molecule has 0 fully saturated rings. The van der Waals surface area contributed by atoms with Gasteiger partial charge in [0.05, 0.1) is 0 Å². The third kappa shape index (κ3) is 1.71. The molecule has 0 heterocycles. The van der Waals surface area contributed by atoms with Gasteiger partial charge in [-0.05, 0) is 58.0 Å². The monoisotopic (exact) mass is 257 g/mol. The topological polar surface area (TPSA) is 26.0 Å². The Morgan fingerprint density at radius 1 is 0.650 bits per heavy atom. The summed E-state index contributed by atoms with van der Waals surface area (Å²) >= 11 is 0. The number of nitrogens with two attached hydrogens (primary N) is 1. The highest BCUT2D eigenvalue weighted by Crippen LogP contribution is 2.38. The molecule has 0 bridgehead atoms. The largest absolute Gasteiger partial charge is 0.399 e. The molecule has 1 nitrogen and oxygen atoms in total. The van der Waals surface area contributed by atoms with Crippen molar-refractivity contribution in [2.24, 2.45) is 0 Å². The number of benzene rings is 3. The quantitative estimate of drug-likeness (QED) is 0.499. The predicted molar refractivity (Wildman–Crippen MR) is 84.5 cm³/mol. The summed E-state index contributed by atoms with van der Waals surface area (Å²) in [6.07, 6.45) is 1.05. The molecular formula is C19H15N. The lowest BCUT2D eigenvalue weighted by molar-refractivity contribution is 1.26. The lowest BCUT2D eigenvalue weighted by atomic mass is 9.98. The van der Waals surface area contributed by atoms with E-state index >= 15 is 0 Å². The van der Waals surface area contributed by atoms with Crippen molar-refractivity contribution in [1.82, 2.24) is 0 Å². The fourth-order valence-electron chi connectivity index (χ4n) is 2.98. The summed E-state index contributed by atoms with van der Waals surface area (Å²) in [4.78, 5) is 0. The maximum atomic E-state index is 5.76. The van der Waals surface area contributed by atoms with Gasteiger partial charge < -0.3 is 5.73 Å². The zero-order valence-corrected chi connectivity index (χ0v) is 11.1. The number of anilines is 1. The highest BCUT2D eigenvalue weighted by molar-refractivity contribution is 5.81. The van der Waals surface area contributed by atoms with Crippen LogP contribution in [0.25, 0.3) is 22.3 Å². The Labute approximate surface area is 118 Å². The maximum absolute atomic E-state index is 5.76. The molecular weight excluding hydrogens is 242 g/mol. The molecule has 1 aliphatic carbocycles. The molecule has 0 spiro atoms. The van der Waals surface area contributed by atoms with E-state index in [1.54, 1.807) is 0 Å². The van der Waals surface area contributed by atoms with Crippen molar-refractivity contribution in [3.05, 3.63) is 77.9 Å². The van der Waals surface area contributed by atoms with Gasteiger partial charge in [0.25, 0.3) is 0 Å². The lowest BCUT2D eigenvalue weighted by Crippen LogP contribution is -1.85. The van der Waals surface area contributed by atoms with Crippen molar-refractivity contribution in [1.29, 1.82) is 0 Å². The number of nitrogen functional groups attached to an aromatic ring is 1. The average molecular weight is 257 g/mol. The van der Waals surface area contributed by atoms with Crippen LogP contribution in [0, 0.1) is 0 Å². The van der Waals surface area contributed by atoms with Crippen LogP contribution in [0.15, 0.2) is 66.7 Å². The molecule has 0 unspecified atom stereocenters. The fraction of sp³-hybridized carbons (Fsp3) is 0.0526. The van der Waals surface area contributed by atoms with Gasteiger partial charge in [-0.3, -0.25) is 0 Å². The van der Waals surface area contributed by atoms with Crippen LogP contribution < -0.4 is 5.73 Å². The normalized spacial score (nSPS) is 12.0. The molecule has 3 aromatic rings. The van der Waals surface area contributed by atoms with Crippen LogP contribution in [-0.2, 0) is 6.42 Å². The highest BCUT2D eigenvalue weighted by atomic mass is 14.5. The Bertz CT molecular complexity index is 785. The fourth-order valence-corrected chi connectivity index (χ4v) is 2.98. The Morgan fingerprint density at radius 2 is 1.35 bits per heavy atom. The summed E-state index contributed by atoms with van der Waals surface area (Å²) in [7, 11) is 0. The highest BCUT2D eigenvalue weighted by Gasteiger charge is 2.17. The van der Waals surface area contributed by atoms with Crippen molar-refractivity contribution in [2.45, 2.75) is 6.42 Å². The maximum Gasteiger partial charge on any atom is 0.0314 e. The van der Waals surface area contributed by atoms with Gasteiger partial charge >= 0.3 is 0 Å². The van der Waals surface area contributed by atoms with Gasteiger partial charge in [0.15, 0.2) is 0 Å². The predicted octanol–water partition coefficient (Wildman–Crippen LogP) is 4.51. The van der Waals surface area contributed by atoms with Crippen LogP contribution in [0.5, 0.6) is 0 Å². The van der Waals surface area contributed by atoms with E-state index in [0.717, 1.165) is 12.1 Å². The summed E-state index contributed by atoms with van der Waals surface area (Å²) in [6, 6.07) is 23.5. The van der Waals surface area contributed by atoms with Crippen LogP contribution in [-0.4, -0.2) is 0 Å². The molecule has 0 amide bonds. The van der Waals surface area contributed by atoms with Crippen molar-refractivity contribution >= 4 is 5.69 Å². The standard InChI is InChI=1S/C19H15N/c20-17-9-7-13(8-10-17)14-5-6-16-11-15-3-1-2-4-18(15)19(16)12-14/h1-10,12H,11,20H2. The van der Waals surface area contributed by atoms with Gasteiger partial charge in [0, 0.05) is 5.69 Å². The van der Waals surface area contributed by atoms with E-state index in [4.69, 9.17) is 5.73 Å². The minimum atomic E-state index is 0.806. The van der Waals surface area contributed by atoms with E-state index in [1.807, 2.05) is 12.1 Å². The van der Waals surface area contributed by atoms with Gasteiger partial charge in [0.1, 0.15) is 0 Å². The zero-order valence-electron chi connectivity index (χ0n) is 11.1.